The lowest BCUT2D eigenvalue weighted by molar-refractivity contribution is -0.134. The molecule has 0 saturated carbocycles. The Kier molecular flexibility index (Phi) is 7.66. The van der Waals surface area contributed by atoms with E-state index >= 15 is 0 Å². The largest absolute Gasteiger partial charge is 0.444 e. The van der Waals surface area contributed by atoms with Gasteiger partial charge in [-0.1, -0.05) is 13.8 Å². The first-order valence-electron chi connectivity index (χ1n) is 8.73. The molecule has 2 N–H and O–H groups in total. The molecule has 1 aliphatic heterocycles. The molecule has 1 aliphatic rings. The van der Waals surface area contributed by atoms with Crippen LogP contribution in [-0.2, 0) is 14.3 Å². The number of nitrogens with one attached hydrogen (secondary N) is 2. The normalized spacial score (nSPS) is 17.2. The fraction of sp³-hybridized carbons (Fsp3) is 0.824. The molecular formula is C17H32N4O4. The average molecular weight is 356 g/mol. The zero-order valence-corrected chi connectivity index (χ0v) is 16.2. The lowest BCUT2D eigenvalue weighted by Crippen LogP contribution is -2.54. The maximum atomic E-state index is 12.4. The minimum absolute atomic E-state index is 0.0677. The summed E-state index contributed by atoms with van der Waals surface area (Å²) in [6.07, 6.45) is -0.647. The van der Waals surface area contributed by atoms with Crippen molar-refractivity contribution in [3.8, 4) is 0 Å². The second-order valence-corrected chi connectivity index (χ2v) is 7.77. The Morgan fingerprint density at radius 2 is 1.64 bits per heavy atom. The van der Waals surface area contributed by atoms with Crippen LogP contribution in [0.3, 0.4) is 0 Å². The van der Waals surface area contributed by atoms with Crippen molar-refractivity contribution in [2.24, 2.45) is 5.92 Å². The highest BCUT2D eigenvalue weighted by Gasteiger charge is 2.28. The second-order valence-electron chi connectivity index (χ2n) is 7.77. The van der Waals surface area contributed by atoms with E-state index in [0.717, 1.165) is 13.1 Å². The van der Waals surface area contributed by atoms with Gasteiger partial charge in [0.1, 0.15) is 11.6 Å². The third-order valence-corrected chi connectivity index (χ3v) is 3.89. The van der Waals surface area contributed by atoms with Crippen molar-refractivity contribution in [1.82, 2.24) is 20.4 Å². The molecule has 0 aliphatic carbocycles. The minimum atomic E-state index is -0.755. The van der Waals surface area contributed by atoms with Gasteiger partial charge in [-0.2, -0.15) is 0 Å². The molecule has 0 aromatic heterocycles. The molecule has 3 amide bonds. The summed E-state index contributed by atoms with van der Waals surface area (Å²) in [6.45, 7) is 11.8. The summed E-state index contributed by atoms with van der Waals surface area (Å²) in [5.41, 5.74) is -0.639. The van der Waals surface area contributed by atoms with Crippen LogP contribution in [0.2, 0.25) is 0 Å². The van der Waals surface area contributed by atoms with Gasteiger partial charge in [0.15, 0.2) is 0 Å². The summed E-state index contributed by atoms with van der Waals surface area (Å²) < 4.78 is 5.19. The molecule has 1 atom stereocenters. The van der Waals surface area contributed by atoms with Crippen LogP contribution in [0.25, 0.3) is 0 Å². The number of hydrogen-bond acceptors (Lipinski definition) is 5. The Bertz CT molecular complexity index is 480. The first kappa shape index (κ1) is 21.2. The Balaban J connectivity index is 2.50. The maximum Gasteiger partial charge on any atom is 0.408 e. The molecular weight excluding hydrogens is 324 g/mol. The van der Waals surface area contributed by atoms with Gasteiger partial charge in [-0.3, -0.25) is 9.59 Å². The molecule has 144 valence electrons. The highest BCUT2D eigenvalue weighted by molar-refractivity contribution is 5.89. The van der Waals surface area contributed by atoms with E-state index in [-0.39, 0.29) is 24.3 Å². The molecule has 8 nitrogen and oxygen atoms in total. The van der Waals surface area contributed by atoms with E-state index in [9.17, 15) is 14.4 Å². The van der Waals surface area contributed by atoms with Crippen LogP contribution in [0.5, 0.6) is 0 Å². The number of hydrogen-bond donors (Lipinski definition) is 2. The quantitative estimate of drug-likeness (QED) is 0.745. The Hall–Kier alpha value is -1.83. The lowest BCUT2D eigenvalue weighted by Gasteiger charge is -2.32. The first-order valence-corrected chi connectivity index (χ1v) is 8.73. The maximum absolute atomic E-state index is 12.4. The van der Waals surface area contributed by atoms with Gasteiger partial charge in [-0.15, -0.1) is 0 Å². The van der Waals surface area contributed by atoms with Crippen molar-refractivity contribution in [2.75, 3.05) is 39.8 Å². The van der Waals surface area contributed by atoms with Crippen LogP contribution < -0.4 is 10.6 Å². The van der Waals surface area contributed by atoms with Gasteiger partial charge in [0, 0.05) is 26.2 Å². The van der Waals surface area contributed by atoms with Crippen molar-refractivity contribution in [1.29, 1.82) is 0 Å². The zero-order chi connectivity index (χ0) is 19.2. The van der Waals surface area contributed by atoms with Gasteiger partial charge < -0.3 is 25.2 Å². The summed E-state index contributed by atoms with van der Waals surface area (Å²) in [4.78, 5) is 40.4. The molecule has 1 saturated heterocycles. The molecule has 0 bridgehead atoms. The summed E-state index contributed by atoms with van der Waals surface area (Å²) in [5.74, 6) is -0.629. The van der Waals surface area contributed by atoms with Crippen LogP contribution in [0.1, 0.15) is 34.6 Å². The van der Waals surface area contributed by atoms with Gasteiger partial charge in [0.2, 0.25) is 11.8 Å². The van der Waals surface area contributed by atoms with Gasteiger partial charge in [-0.25, -0.2) is 4.79 Å². The molecule has 0 aromatic carbocycles. The highest BCUT2D eigenvalue weighted by Crippen LogP contribution is 2.09. The predicted molar refractivity (Wildman–Crippen MR) is 95.1 cm³/mol. The predicted octanol–water partition coefficient (Wildman–Crippen LogP) is 0.426. The summed E-state index contributed by atoms with van der Waals surface area (Å²) in [6, 6.07) is -0.755. The van der Waals surface area contributed by atoms with Gasteiger partial charge in [-0.05, 0) is 33.7 Å². The number of alkyl carbamates (subject to hydrolysis) is 1. The average Bonchev–Trinajstić information content (AvgIpc) is 2.48. The van der Waals surface area contributed by atoms with Crippen LogP contribution >= 0.6 is 0 Å². The van der Waals surface area contributed by atoms with Crippen LogP contribution in [0, 0.1) is 5.92 Å². The Morgan fingerprint density at radius 3 is 2.12 bits per heavy atom. The molecule has 0 radical (unpaired) electrons. The van der Waals surface area contributed by atoms with E-state index in [1.165, 1.54) is 0 Å². The second kappa shape index (κ2) is 9.03. The van der Waals surface area contributed by atoms with E-state index < -0.39 is 17.7 Å². The molecule has 1 fully saturated rings. The van der Waals surface area contributed by atoms with Crippen molar-refractivity contribution >= 4 is 17.9 Å². The van der Waals surface area contributed by atoms with Crippen molar-refractivity contribution in [3.05, 3.63) is 0 Å². The van der Waals surface area contributed by atoms with Crippen LogP contribution in [0.4, 0.5) is 4.79 Å². The molecule has 1 unspecified atom stereocenters. The number of amides is 3. The number of likely N-dealkylation sites (N-methyl/N-ethyl adjacent to an activating group) is 1. The summed E-state index contributed by atoms with van der Waals surface area (Å²) in [5, 5.41) is 5.20. The van der Waals surface area contributed by atoms with E-state index in [1.807, 2.05) is 20.9 Å². The Morgan fingerprint density at radius 1 is 1.08 bits per heavy atom. The molecule has 1 heterocycles. The topological polar surface area (TPSA) is 91.0 Å². The number of carbonyl (C=O) groups excluding carboxylic acids is 3. The molecule has 0 aromatic rings. The molecule has 25 heavy (non-hydrogen) atoms. The van der Waals surface area contributed by atoms with E-state index in [2.05, 4.69) is 15.5 Å². The monoisotopic (exact) mass is 356 g/mol. The summed E-state index contributed by atoms with van der Waals surface area (Å²) >= 11 is 0. The lowest BCUT2D eigenvalue weighted by atomic mass is 10.0. The molecule has 1 rings (SSSR count). The van der Waals surface area contributed by atoms with Gasteiger partial charge >= 0.3 is 6.09 Å². The molecule has 8 heteroatoms. The van der Waals surface area contributed by atoms with Gasteiger partial charge in [0.25, 0.3) is 0 Å². The number of piperazine rings is 1. The van der Waals surface area contributed by atoms with E-state index in [0.29, 0.717) is 13.1 Å². The van der Waals surface area contributed by atoms with Crippen molar-refractivity contribution < 1.29 is 19.1 Å². The van der Waals surface area contributed by atoms with Gasteiger partial charge in [0.05, 0.1) is 6.54 Å². The Labute approximate surface area is 150 Å². The van der Waals surface area contributed by atoms with Crippen LogP contribution in [-0.4, -0.2) is 79.1 Å². The fourth-order valence-corrected chi connectivity index (χ4v) is 2.41. The standard InChI is InChI=1S/C17H32N4O4/c1-12(2)14(19-16(24)25-17(3,4)5)15(23)18-11-13(22)21-9-7-20(6)8-10-21/h12,14H,7-11H2,1-6H3,(H,18,23)(H,19,24). The number of carbonyl (C=O) groups is 3. The third kappa shape index (κ3) is 7.72. The van der Waals surface area contributed by atoms with Crippen molar-refractivity contribution in [3.63, 3.8) is 0 Å². The smallest absolute Gasteiger partial charge is 0.408 e. The van der Waals surface area contributed by atoms with E-state index in [4.69, 9.17) is 4.74 Å². The molecule has 0 spiro atoms. The zero-order valence-electron chi connectivity index (χ0n) is 16.2. The SMILES string of the molecule is CC(C)C(NC(=O)OC(C)(C)C)C(=O)NCC(=O)N1CCN(C)CC1. The third-order valence-electron chi connectivity index (χ3n) is 3.89. The summed E-state index contributed by atoms with van der Waals surface area (Å²) in [7, 11) is 2.01. The van der Waals surface area contributed by atoms with E-state index in [1.54, 1.807) is 25.7 Å². The first-order chi connectivity index (χ1) is 11.5. The number of rotatable bonds is 5. The fourth-order valence-electron chi connectivity index (χ4n) is 2.41. The number of nitrogens with zero attached hydrogens (tertiary/aromatic N) is 2. The van der Waals surface area contributed by atoms with Crippen molar-refractivity contribution in [2.45, 2.75) is 46.3 Å². The highest BCUT2D eigenvalue weighted by atomic mass is 16.6. The van der Waals surface area contributed by atoms with Crippen LogP contribution in [0.15, 0.2) is 0 Å². The minimum Gasteiger partial charge on any atom is -0.444 e. The number of ether oxygens (including phenoxy) is 1.